The van der Waals surface area contributed by atoms with E-state index in [2.05, 4.69) is 0 Å². The van der Waals surface area contributed by atoms with Crippen LogP contribution in [0.2, 0.25) is 0 Å². The van der Waals surface area contributed by atoms with Crippen LogP contribution in [0.3, 0.4) is 0 Å². The lowest BCUT2D eigenvalue weighted by molar-refractivity contribution is 0.0992. The number of carbonyl (C=O) groups excluding carboxylic acids is 1. The van der Waals surface area contributed by atoms with Crippen molar-refractivity contribution in [1.82, 2.24) is 4.90 Å². The summed E-state index contributed by atoms with van der Waals surface area (Å²) in [7, 11) is 0. The molecular formula is C21H18FN5O2. The Morgan fingerprint density at radius 1 is 1.38 bits per heavy atom. The molecule has 1 aliphatic carbocycles. The Balaban J connectivity index is 2.20. The second-order valence-electron chi connectivity index (χ2n) is 6.95. The molecule has 3 rings (SSSR count). The molecule has 2 aliphatic rings. The van der Waals surface area contributed by atoms with Crippen LogP contribution < -0.4 is 0 Å². The minimum atomic E-state index is -1.95. The number of nitrogens with one attached hydrogen (secondary N) is 1. The molecule has 1 unspecified atom stereocenters. The van der Waals surface area contributed by atoms with Gasteiger partial charge in [0.25, 0.3) is 0 Å². The molecule has 3 atom stereocenters. The number of halogens is 1. The maximum absolute atomic E-state index is 14.0. The van der Waals surface area contributed by atoms with Crippen molar-refractivity contribution in [3.63, 3.8) is 0 Å². The van der Waals surface area contributed by atoms with Gasteiger partial charge in [-0.2, -0.15) is 15.8 Å². The van der Waals surface area contributed by atoms with E-state index in [9.17, 15) is 25.0 Å². The highest BCUT2D eigenvalue weighted by Crippen LogP contribution is 2.53. The molecule has 8 heteroatoms. The third-order valence-corrected chi connectivity index (χ3v) is 5.52. The van der Waals surface area contributed by atoms with Crippen molar-refractivity contribution in [2.24, 2.45) is 17.3 Å². The van der Waals surface area contributed by atoms with Crippen LogP contribution in [0.4, 0.5) is 9.18 Å². The molecule has 0 radical (unpaired) electrons. The summed E-state index contributed by atoms with van der Waals surface area (Å²) in [4.78, 5) is 13.7. The number of rotatable bonds is 2. The molecule has 7 nitrogen and oxygen atoms in total. The first-order valence-electron chi connectivity index (χ1n) is 9.11. The fraction of sp³-hybridized carbons (Fsp3) is 0.381. The first-order chi connectivity index (χ1) is 13.9. The van der Waals surface area contributed by atoms with E-state index >= 15 is 0 Å². The molecule has 1 aromatic rings. The Hall–Kier alpha value is -3.70. The summed E-state index contributed by atoms with van der Waals surface area (Å²) < 4.78 is 19.0. The number of fused-ring (bicyclic) bond motifs is 1. The third kappa shape index (κ3) is 3.11. The Morgan fingerprint density at radius 3 is 2.69 bits per heavy atom. The fourth-order valence-corrected chi connectivity index (χ4v) is 4.25. The van der Waals surface area contributed by atoms with Gasteiger partial charge in [0, 0.05) is 24.9 Å². The van der Waals surface area contributed by atoms with Crippen LogP contribution in [0.25, 0.3) is 0 Å². The van der Waals surface area contributed by atoms with Crippen LogP contribution in [0.5, 0.6) is 0 Å². The quantitative estimate of drug-likeness (QED) is 0.775. The predicted octanol–water partition coefficient (Wildman–Crippen LogP) is 3.13. The lowest BCUT2D eigenvalue weighted by Gasteiger charge is -2.47. The summed E-state index contributed by atoms with van der Waals surface area (Å²) in [6, 6.07) is 11.4. The Morgan fingerprint density at radius 2 is 2.10 bits per heavy atom. The van der Waals surface area contributed by atoms with E-state index in [4.69, 9.17) is 10.1 Å². The molecule has 0 bridgehead atoms. The number of nitrogens with zero attached hydrogens (tertiary/aromatic N) is 4. The van der Waals surface area contributed by atoms with Crippen LogP contribution in [-0.2, 0) is 4.74 Å². The van der Waals surface area contributed by atoms with E-state index in [0.717, 1.165) is 0 Å². The van der Waals surface area contributed by atoms with Crippen molar-refractivity contribution >= 4 is 11.8 Å². The molecule has 1 amide bonds. The average Bonchev–Trinajstić information content (AvgIpc) is 2.73. The van der Waals surface area contributed by atoms with E-state index < -0.39 is 35.1 Å². The molecular weight excluding hydrogens is 373 g/mol. The molecule has 0 saturated heterocycles. The van der Waals surface area contributed by atoms with Crippen LogP contribution in [0, 0.1) is 62.5 Å². The van der Waals surface area contributed by atoms with Gasteiger partial charge in [-0.05, 0) is 30.2 Å². The van der Waals surface area contributed by atoms with E-state index in [1.54, 1.807) is 19.1 Å². The van der Waals surface area contributed by atoms with Crippen molar-refractivity contribution in [3.05, 3.63) is 47.3 Å². The van der Waals surface area contributed by atoms with Crippen molar-refractivity contribution in [3.8, 4) is 18.2 Å². The predicted molar refractivity (Wildman–Crippen MR) is 99.8 cm³/mol. The van der Waals surface area contributed by atoms with Crippen LogP contribution in [0.15, 0.2) is 35.9 Å². The van der Waals surface area contributed by atoms with Gasteiger partial charge in [0.2, 0.25) is 0 Å². The highest BCUT2D eigenvalue weighted by atomic mass is 19.1. The first-order valence-corrected chi connectivity index (χ1v) is 9.11. The highest BCUT2D eigenvalue weighted by Gasteiger charge is 2.58. The van der Waals surface area contributed by atoms with E-state index in [1.807, 2.05) is 18.2 Å². The molecule has 0 aromatic heterocycles. The van der Waals surface area contributed by atoms with Crippen molar-refractivity contribution < 1.29 is 13.9 Å². The lowest BCUT2D eigenvalue weighted by Crippen LogP contribution is -2.53. The largest absolute Gasteiger partial charge is 0.450 e. The smallest absolute Gasteiger partial charge is 0.410 e. The number of carbonyl (C=O) groups is 1. The summed E-state index contributed by atoms with van der Waals surface area (Å²) in [6.45, 7) is 2.17. The monoisotopic (exact) mass is 391 g/mol. The number of ether oxygens (including phenoxy) is 1. The van der Waals surface area contributed by atoms with Gasteiger partial charge < -0.3 is 15.0 Å². The van der Waals surface area contributed by atoms with Crippen molar-refractivity contribution in [2.45, 2.75) is 12.8 Å². The standard InChI is InChI=1S/C21H18FN5O2/c1-2-29-20(28)27-7-6-15-16(9-23)19(26)21(11-24,12-25)18(17(15)10-27)13-4-3-5-14(22)8-13/h3-6,8,16-18,26H,2,7,10H2,1H3/t16?,17-,18-/m0/s1. The first kappa shape index (κ1) is 20.0. The number of amides is 1. The normalized spacial score (nSPS) is 24.9. The summed E-state index contributed by atoms with van der Waals surface area (Å²) in [6.07, 6.45) is 1.13. The van der Waals surface area contributed by atoms with Gasteiger partial charge in [-0.1, -0.05) is 18.2 Å². The summed E-state index contributed by atoms with van der Waals surface area (Å²) in [5.74, 6) is -3.10. The molecule has 146 valence electrons. The second-order valence-corrected chi connectivity index (χ2v) is 6.95. The Bertz CT molecular complexity index is 999. The number of hydrogen-bond acceptors (Lipinski definition) is 6. The molecule has 1 saturated carbocycles. The SMILES string of the molecule is CCOC(=O)N1CC=C2C(C#N)C(=N)C(C#N)(C#N)[C@@H](c3cccc(F)c3)[C@H]2C1. The maximum Gasteiger partial charge on any atom is 0.410 e. The van der Waals surface area contributed by atoms with Gasteiger partial charge >= 0.3 is 6.09 Å². The van der Waals surface area contributed by atoms with Crippen molar-refractivity contribution in [1.29, 1.82) is 21.2 Å². The molecule has 1 N–H and O–H groups in total. The summed E-state index contributed by atoms with van der Waals surface area (Å²) in [5.41, 5.74) is -1.32. The molecule has 0 spiro atoms. The van der Waals surface area contributed by atoms with Gasteiger partial charge in [-0.25, -0.2) is 9.18 Å². The van der Waals surface area contributed by atoms with E-state index in [-0.39, 0.29) is 25.4 Å². The topological polar surface area (TPSA) is 125 Å². The van der Waals surface area contributed by atoms with Gasteiger partial charge in [0.15, 0.2) is 5.41 Å². The third-order valence-electron chi connectivity index (χ3n) is 5.52. The van der Waals surface area contributed by atoms with Crippen LogP contribution in [0.1, 0.15) is 18.4 Å². The van der Waals surface area contributed by atoms with Gasteiger partial charge in [-0.15, -0.1) is 0 Å². The zero-order valence-corrected chi connectivity index (χ0v) is 15.7. The van der Waals surface area contributed by atoms with E-state index in [0.29, 0.717) is 11.1 Å². The summed E-state index contributed by atoms with van der Waals surface area (Å²) >= 11 is 0. The highest BCUT2D eigenvalue weighted by molar-refractivity contribution is 6.00. The second kappa shape index (κ2) is 7.73. The van der Waals surface area contributed by atoms with E-state index in [1.165, 1.54) is 23.1 Å². The Kier molecular flexibility index (Phi) is 5.35. The van der Waals surface area contributed by atoms with Crippen LogP contribution in [-0.4, -0.2) is 36.4 Å². The molecule has 1 aromatic carbocycles. The minimum Gasteiger partial charge on any atom is -0.450 e. The lowest BCUT2D eigenvalue weighted by atomic mass is 9.54. The average molecular weight is 391 g/mol. The van der Waals surface area contributed by atoms with Gasteiger partial charge in [0.05, 0.1) is 30.5 Å². The van der Waals surface area contributed by atoms with Crippen LogP contribution >= 0.6 is 0 Å². The summed E-state index contributed by atoms with van der Waals surface area (Å²) in [5, 5.41) is 38.0. The maximum atomic E-state index is 14.0. The molecule has 1 fully saturated rings. The zero-order chi connectivity index (χ0) is 21.2. The molecule has 1 aliphatic heterocycles. The molecule has 29 heavy (non-hydrogen) atoms. The zero-order valence-electron chi connectivity index (χ0n) is 15.7. The number of hydrogen-bond donors (Lipinski definition) is 1. The van der Waals surface area contributed by atoms with Gasteiger partial charge in [-0.3, -0.25) is 0 Å². The number of benzene rings is 1. The fourth-order valence-electron chi connectivity index (χ4n) is 4.25. The molecule has 1 heterocycles. The van der Waals surface area contributed by atoms with Gasteiger partial charge in [0.1, 0.15) is 11.7 Å². The van der Waals surface area contributed by atoms with Crippen molar-refractivity contribution in [2.75, 3.05) is 19.7 Å². The minimum absolute atomic E-state index is 0.0996. The number of nitriles is 3. The Labute approximate surface area is 167 Å².